The topological polar surface area (TPSA) is 21.3 Å². The van der Waals surface area contributed by atoms with Gasteiger partial charge in [-0.3, -0.25) is 0 Å². The number of hydrogen-bond donors (Lipinski definition) is 1. The fourth-order valence-corrected chi connectivity index (χ4v) is 1.76. The van der Waals surface area contributed by atoms with Crippen LogP contribution in [0.5, 0.6) is 0 Å². The van der Waals surface area contributed by atoms with Gasteiger partial charge in [0.15, 0.2) is 0 Å². The molecule has 0 aliphatic carbocycles. The lowest BCUT2D eigenvalue weighted by Gasteiger charge is -2.24. The van der Waals surface area contributed by atoms with E-state index in [9.17, 15) is 17.6 Å². The van der Waals surface area contributed by atoms with Crippen LogP contribution in [0.25, 0.3) is 0 Å². The maximum atomic E-state index is 13.1. The molecule has 102 valence electrons. The Morgan fingerprint density at radius 3 is 2.50 bits per heavy atom. The number of hydrogen-bond acceptors (Lipinski definition) is 2. The van der Waals surface area contributed by atoms with Gasteiger partial charge in [-0.15, -0.1) is 12.4 Å². The average Bonchev–Trinajstić information content (AvgIpc) is 2.28. The van der Waals surface area contributed by atoms with Gasteiger partial charge in [0.25, 0.3) is 0 Å². The Balaban J connectivity index is 0.00000162. The molecule has 1 aliphatic heterocycles. The summed E-state index contributed by atoms with van der Waals surface area (Å²) in [5.74, 6) is -0.887. The van der Waals surface area contributed by atoms with Crippen molar-refractivity contribution in [3.63, 3.8) is 0 Å². The van der Waals surface area contributed by atoms with Crippen LogP contribution in [0.15, 0.2) is 18.2 Å². The van der Waals surface area contributed by atoms with Crippen LogP contribution in [-0.4, -0.2) is 19.8 Å². The molecule has 1 aromatic carbocycles. The summed E-state index contributed by atoms with van der Waals surface area (Å²) in [6, 6.07) is 2.16. The molecule has 7 heteroatoms. The quantitative estimate of drug-likeness (QED) is 0.801. The predicted molar refractivity (Wildman–Crippen MR) is 60.2 cm³/mol. The fraction of sp³-hybridized carbons (Fsp3) is 0.455. The van der Waals surface area contributed by atoms with Crippen LogP contribution in [0, 0.1) is 5.82 Å². The van der Waals surface area contributed by atoms with Gasteiger partial charge in [0.2, 0.25) is 0 Å². The van der Waals surface area contributed by atoms with Crippen molar-refractivity contribution in [2.45, 2.75) is 12.2 Å². The highest BCUT2D eigenvalue weighted by Crippen LogP contribution is 2.32. The van der Waals surface area contributed by atoms with Gasteiger partial charge in [0.05, 0.1) is 24.8 Å². The summed E-state index contributed by atoms with van der Waals surface area (Å²) < 4.78 is 55.8. The SMILES string of the molecule is Cl.Fc1cc([C@@H]2COCCN2)cc(C(F)(F)F)c1. The van der Waals surface area contributed by atoms with E-state index in [1.165, 1.54) is 0 Å². The zero-order valence-electron chi connectivity index (χ0n) is 9.26. The molecule has 0 bridgehead atoms. The van der Waals surface area contributed by atoms with E-state index in [2.05, 4.69) is 5.32 Å². The molecule has 1 N–H and O–H groups in total. The van der Waals surface area contributed by atoms with E-state index in [4.69, 9.17) is 4.74 Å². The molecule has 0 saturated carbocycles. The molecule has 1 saturated heterocycles. The average molecular weight is 286 g/mol. The highest BCUT2D eigenvalue weighted by molar-refractivity contribution is 5.85. The van der Waals surface area contributed by atoms with Crippen LogP contribution >= 0.6 is 12.4 Å². The number of benzene rings is 1. The summed E-state index contributed by atoms with van der Waals surface area (Å²) in [6.07, 6.45) is -4.54. The number of ether oxygens (including phenoxy) is 1. The van der Waals surface area contributed by atoms with E-state index in [-0.39, 0.29) is 30.6 Å². The lowest BCUT2D eigenvalue weighted by atomic mass is 10.0. The van der Waals surface area contributed by atoms with Crippen molar-refractivity contribution < 1.29 is 22.3 Å². The highest BCUT2D eigenvalue weighted by Gasteiger charge is 2.32. The van der Waals surface area contributed by atoms with Crippen molar-refractivity contribution in [1.82, 2.24) is 5.32 Å². The van der Waals surface area contributed by atoms with E-state index in [0.29, 0.717) is 19.2 Å². The van der Waals surface area contributed by atoms with E-state index in [0.717, 1.165) is 12.1 Å². The van der Waals surface area contributed by atoms with Gasteiger partial charge in [-0.1, -0.05) is 0 Å². The minimum atomic E-state index is -4.54. The number of morpholine rings is 1. The first-order valence-corrected chi connectivity index (χ1v) is 5.15. The summed E-state index contributed by atoms with van der Waals surface area (Å²) >= 11 is 0. The third kappa shape index (κ3) is 3.57. The predicted octanol–water partition coefficient (Wildman–Crippen LogP) is 2.93. The second kappa shape index (κ2) is 5.86. The summed E-state index contributed by atoms with van der Waals surface area (Å²) in [4.78, 5) is 0. The molecule has 2 nitrogen and oxygen atoms in total. The zero-order chi connectivity index (χ0) is 12.5. The van der Waals surface area contributed by atoms with Crippen LogP contribution in [0.1, 0.15) is 17.2 Å². The molecule has 0 amide bonds. The first kappa shape index (κ1) is 15.2. The molecular formula is C11H12ClF4NO. The summed E-state index contributed by atoms with van der Waals surface area (Å²) in [5, 5.41) is 2.98. The van der Waals surface area contributed by atoms with Crippen molar-refractivity contribution in [2.24, 2.45) is 0 Å². The van der Waals surface area contributed by atoms with Crippen molar-refractivity contribution in [3.05, 3.63) is 35.1 Å². The zero-order valence-corrected chi connectivity index (χ0v) is 10.1. The standard InChI is InChI=1S/C11H11F4NO.ClH/c12-9-4-7(10-6-17-2-1-16-10)3-8(5-9)11(13,14)15;/h3-5,10,16H,1-2,6H2;1H/t10-;/m0./s1. The minimum Gasteiger partial charge on any atom is -0.378 e. The Morgan fingerprint density at radius 2 is 1.94 bits per heavy atom. The van der Waals surface area contributed by atoms with Crippen molar-refractivity contribution in [3.8, 4) is 0 Å². The lowest BCUT2D eigenvalue weighted by Crippen LogP contribution is -2.34. The van der Waals surface area contributed by atoms with Gasteiger partial charge in [-0.2, -0.15) is 13.2 Å². The molecule has 0 spiro atoms. The van der Waals surface area contributed by atoms with Crippen LogP contribution in [0.2, 0.25) is 0 Å². The summed E-state index contributed by atoms with van der Waals surface area (Å²) in [6.45, 7) is 1.31. The van der Waals surface area contributed by atoms with E-state index < -0.39 is 17.6 Å². The fourth-order valence-electron chi connectivity index (χ4n) is 1.76. The van der Waals surface area contributed by atoms with Crippen LogP contribution in [0.4, 0.5) is 17.6 Å². The van der Waals surface area contributed by atoms with E-state index >= 15 is 0 Å². The monoisotopic (exact) mass is 285 g/mol. The number of alkyl halides is 3. The Labute approximate surface area is 108 Å². The first-order chi connectivity index (χ1) is 7.97. The van der Waals surface area contributed by atoms with Crippen LogP contribution in [0.3, 0.4) is 0 Å². The Hall–Kier alpha value is -0.850. The third-order valence-electron chi connectivity index (χ3n) is 2.57. The Kier molecular flexibility index (Phi) is 4.95. The largest absolute Gasteiger partial charge is 0.416 e. The van der Waals surface area contributed by atoms with Gasteiger partial charge in [0.1, 0.15) is 5.82 Å². The smallest absolute Gasteiger partial charge is 0.378 e. The maximum absolute atomic E-state index is 13.1. The van der Waals surface area contributed by atoms with Crippen molar-refractivity contribution in [2.75, 3.05) is 19.8 Å². The molecule has 0 radical (unpaired) electrons. The normalized spacial score (nSPS) is 20.3. The number of rotatable bonds is 1. The van der Waals surface area contributed by atoms with Crippen molar-refractivity contribution in [1.29, 1.82) is 0 Å². The maximum Gasteiger partial charge on any atom is 0.416 e. The highest BCUT2D eigenvalue weighted by atomic mass is 35.5. The number of halogens is 5. The second-order valence-electron chi connectivity index (χ2n) is 3.85. The van der Waals surface area contributed by atoms with E-state index in [1.807, 2.05) is 0 Å². The third-order valence-corrected chi connectivity index (χ3v) is 2.57. The molecule has 2 rings (SSSR count). The minimum absolute atomic E-state index is 0. The van der Waals surface area contributed by atoms with Gasteiger partial charge < -0.3 is 10.1 Å². The molecule has 18 heavy (non-hydrogen) atoms. The molecule has 1 aliphatic rings. The first-order valence-electron chi connectivity index (χ1n) is 5.15. The van der Waals surface area contributed by atoms with Gasteiger partial charge in [-0.05, 0) is 23.8 Å². The van der Waals surface area contributed by atoms with Crippen LogP contribution in [-0.2, 0) is 10.9 Å². The molecule has 1 atom stereocenters. The Morgan fingerprint density at radius 1 is 1.22 bits per heavy atom. The molecule has 1 aromatic rings. The molecular weight excluding hydrogens is 274 g/mol. The Bertz CT molecular complexity index is 405. The van der Waals surface area contributed by atoms with Gasteiger partial charge >= 0.3 is 6.18 Å². The van der Waals surface area contributed by atoms with Gasteiger partial charge in [-0.25, -0.2) is 4.39 Å². The molecule has 1 heterocycles. The second-order valence-corrected chi connectivity index (χ2v) is 3.85. The lowest BCUT2D eigenvalue weighted by molar-refractivity contribution is -0.137. The van der Waals surface area contributed by atoms with Crippen molar-refractivity contribution >= 4 is 12.4 Å². The van der Waals surface area contributed by atoms with E-state index in [1.54, 1.807) is 0 Å². The molecule has 0 unspecified atom stereocenters. The molecule has 0 aromatic heterocycles. The summed E-state index contributed by atoms with van der Waals surface area (Å²) in [7, 11) is 0. The number of nitrogens with one attached hydrogen (secondary N) is 1. The van der Waals surface area contributed by atoms with Gasteiger partial charge in [0, 0.05) is 6.54 Å². The van der Waals surface area contributed by atoms with Crippen LogP contribution < -0.4 is 5.32 Å². The summed E-state index contributed by atoms with van der Waals surface area (Å²) in [5.41, 5.74) is -0.711. The molecule has 1 fully saturated rings.